The Labute approximate surface area is 212 Å². The Kier molecular flexibility index (Phi) is 5.57. The molecular formula is C29H36N2O3S. The van der Waals surface area contributed by atoms with Gasteiger partial charge in [-0.3, -0.25) is 9.59 Å². The Morgan fingerprint density at radius 3 is 2.60 bits per heavy atom. The van der Waals surface area contributed by atoms with Crippen LogP contribution < -0.4 is 5.01 Å². The SMILES string of the molecule is CC(=O)C1=NN(c2ccccc2)/C(=C2\C[C@H]3[C@@H]4CC[C@H]5C[C@@H](O)CC[C@]5(C)[C@H]4CC[C@]3(C)C2=O)S1. The van der Waals surface area contributed by atoms with Crippen LogP contribution in [0.2, 0.25) is 0 Å². The standard InChI is InChI=1S/C29H36N2O3S/c1-17(32)26-30-31(19-7-5-4-6-8-19)27(35-26)22-16-24-21-10-9-18-15-20(33)11-13-28(18,2)23(21)12-14-29(24,3)25(22)34/h4-8,18,20-21,23-24,33H,9-16H2,1-3H3/b27-22-/t18-,20-,21+,23-,24-,28-,29-/m0/s1. The van der Waals surface area contributed by atoms with E-state index in [1.165, 1.54) is 24.6 Å². The summed E-state index contributed by atoms with van der Waals surface area (Å²) in [5, 5.41) is 18.1. The van der Waals surface area contributed by atoms with E-state index in [1.54, 1.807) is 6.92 Å². The molecule has 4 aliphatic carbocycles. The Bertz CT molecular complexity index is 1130. The van der Waals surface area contributed by atoms with Gasteiger partial charge in [0, 0.05) is 17.9 Å². The molecule has 1 heterocycles. The van der Waals surface area contributed by atoms with Gasteiger partial charge in [-0.05, 0) is 104 Å². The third-order valence-electron chi connectivity index (χ3n) is 10.4. The maximum absolute atomic E-state index is 14.1. The van der Waals surface area contributed by atoms with Crippen LogP contribution in [-0.4, -0.2) is 27.8 Å². The first kappa shape index (κ1) is 23.5. The van der Waals surface area contributed by atoms with Crippen LogP contribution in [0.15, 0.2) is 46.0 Å². The van der Waals surface area contributed by atoms with Crippen LogP contribution in [0, 0.1) is 34.5 Å². The van der Waals surface area contributed by atoms with E-state index in [0.29, 0.717) is 28.7 Å². The molecule has 6 rings (SSSR count). The Hall–Kier alpha value is -1.92. The van der Waals surface area contributed by atoms with Gasteiger partial charge in [0.05, 0.1) is 11.8 Å². The van der Waals surface area contributed by atoms with E-state index in [-0.39, 0.29) is 28.5 Å². The maximum atomic E-state index is 14.1. The van der Waals surface area contributed by atoms with Crippen molar-refractivity contribution in [1.82, 2.24) is 0 Å². The second kappa shape index (κ2) is 8.31. The first-order valence-corrected chi connectivity index (χ1v) is 14.1. The lowest BCUT2D eigenvalue weighted by molar-refractivity contribution is -0.141. The number of ketones is 2. The molecule has 0 amide bonds. The van der Waals surface area contributed by atoms with Crippen molar-refractivity contribution < 1.29 is 14.7 Å². The average molecular weight is 493 g/mol. The zero-order valence-corrected chi connectivity index (χ0v) is 21.8. The lowest BCUT2D eigenvalue weighted by Crippen LogP contribution is -2.54. The summed E-state index contributed by atoms with van der Waals surface area (Å²) < 4.78 is 0. The van der Waals surface area contributed by atoms with Crippen LogP contribution in [0.3, 0.4) is 0 Å². The van der Waals surface area contributed by atoms with Gasteiger partial charge < -0.3 is 5.11 Å². The average Bonchev–Trinajstić information content (AvgIpc) is 3.40. The molecular weight excluding hydrogens is 456 g/mol. The van der Waals surface area contributed by atoms with Gasteiger partial charge in [-0.1, -0.05) is 32.0 Å². The third-order valence-corrected chi connectivity index (χ3v) is 11.6. The second-order valence-corrected chi connectivity index (χ2v) is 13.0. The zero-order valence-electron chi connectivity index (χ0n) is 21.0. The van der Waals surface area contributed by atoms with E-state index in [1.807, 2.05) is 35.3 Å². The second-order valence-electron chi connectivity index (χ2n) is 12.1. The Morgan fingerprint density at radius 2 is 1.86 bits per heavy atom. The van der Waals surface area contributed by atoms with Gasteiger partial charge >= 0.3 is 0 Å². The number of carbonyl (C=O) groups excluding carboxylic acids is 2. The van der Waals surface area contributed by atoms with Crippen LogP contribution in [0.1, 0.15) is 72.1 Å². The van der Waals surface area contributed by atoms with E-state index < -0.39 is 0 Å². The first-order chi connectivity index (χ1) is 16.7. The highest BCUT2D eigenvalue weighted by atomic mass is 32.2. The maximum Gasteiger partial charge on any atom is 0.186 e. The van der Waals surface area contributed by atoms with Crippen molar-refractivity contribution in [2.75, 3.05) is 5.01 Å². The molecule has 4 fully saturated rings. The number of Topliss-reactive ketones (excluding diaryl/α,β-unsaturated/α-hetero) is 2. The molecule has 0 spiro atoms. The fourth-order valence-electron chi connectivity index (χ4n) is 8.42. The van der Waals surface area contributed by atoms with Gasteiger partial charge in [0.1, 0.15) is 5.03 Å². The third kappa shape index (κ3) is 3.50. The van der Waals surface area contributed by atoms with E-state index >= 15 is 0 Å². The predicted octanol–water partition coefficient (Wildman–Crippen LogP) is 5.94. The summed E-state index contributed by atoms with van der Waals surface area (Å²) in [6.45, 7) is 6.24. The van der Waals surface area contributed by atoms with Crippen molar-refractivity contribution in [2.24, 2.45) is 39.6 Å². The summed E-state index contributed by atoms with van der Waals surface area (Å²) in [5.74, 6) is 2.35. The number of hydrogen-bond donors (Lipinski definition) is 1. The number of carbonyl (C=O) groups is 2. The molecule has 1 aromatic rings. The zero-order chi connectivity index (χ0) is 24.5. The number of allylic oxidation sites excluding steroid dienone is 1. The highest BCUT2D eigenvalue weighted by Crippen LogP contribution is 2.66. The minimum Gasteiger partial charge on any atom is -0.393 e. The van der Waals surface area contributed by atoms with Gasteiger partial charge in [-0.15, -0.1) is 0 Å². The molecule has 35 heavy (non-hydrogen) atoms. The van der Waals surface area contributed by atoms with E-state index in [2.05, 4.69) is 18.9 Å². The van der Waals surface area contributed by atoms with Crippen molar-refractivity contribution in [1.29, 1.82) is 0 Å². The fraction of sp³-hybridized carbons (Fsp3) is 0.621. The van der Waals surface area contributed by atoms with Crippen LogP contribution in [0.25, 0.3) is 0 Å². The van der Waals surface area contributed by atoms with E-state index in [9.17, 15) is 14.7 Å². The van der Waals surface area contributed by atoms with Gasteiger partial charge in [0.25, 0.3) is 0 Å². The van der Waals surface area contributed by atoms with Crippen LogP contribution >= 0.6 is 11.8 Å². The van der Waals surface area contributed by atoms with E-state index in [4.69, 9.17) is 0 Å². The summed E-state index contributed by atoms with van der Waals surface area (Å²) >= 11 is 1.37. The summed E-state index contributed by atoms with van der Waals surface area (Å²) in [5.41, 5.74) is 1.71. The minimum atomic E-state index is -0.331. The monoisotopic (exact) mass is 492 g/mol. The summed E-state index contributed by atoms with van der Waals surface area (Å²) in [7, 11) is 0. The fourth-order valence-corrected chi connectivity index (χ4v) is 9.40. The number of hydrazone groups is 1. The number of nitrogens with zero attached hydrogens (tertiary/aromatic N) is 2. The normalized spacial score (nSPS) is 42.9. The predicted molar refractivity (Wildman–Crippen MR) is 140 cm³/mol. The van der Waals surface area contributed by atoms with Gasteiger partial charge in [0.15, 0.2) is 16.6 Å². The van der Waals surface area contributed by atoms with Gasteiger partial charge in [-0.25, -0.2) is 5.01 Å². The number of anilines is 1. The van der Waals surface area contributed by atoms with Crippen LogP contribution in [-0.2, 0) is 9.59 Å². The summed E-state index contributed by atoms with van der Waals surface area (Å²) in [6.07, 6.45) is 8.01. The van der Waals surface area contributed by atoms with Crippen LogP contribution in [0.4, 0.5) is 5.69 Å². The number of benzene rings is 1. The molecule has 4 saturated carbocycles. The number of hydrogen-bond acceptors (Lipinski definition) is 6. The number of aliphatic hydroxyl groups is 1. The molecule has 0 aromatic heterocycles. The van der Waals surface area contributed by atoms with Crippen molar-refractivity contribution in [3.05, 3.63) is 40.9 Å². The molecule has 0 saturated heterocycles. The number of rotatable bonds is 2. The van der Waals surface area contributed by atoms with Crippen molar-refractivity contribution in [3.8, 4) is 0 Å². The molecule has 1 aromatic carbocycles. The molecule has 0 unspecified atom stereocenters. The lowest BCUT2D eigenvalue weighted by Gasteiger charge is -2.59. The molecule has 7 atom stereocenters. The number of thioether (sulfide) groups is 1. The highest BCUT2D eigenvalue weighted by molar-refractivity contribution is 8.19. The lowest BCUT2D eigenvalue weighted by atomic mass is 9.45. The Morgan fingerprint density at radius 1 is 1.09 bits per heavy atom. The number of aliphatic hydroxyl groups excluding tert-OH is 1. The van der Waals surface area contributed by atoms with Crippen molar-refractivity contribution in [3.63, 3.8) is 0 Å². The summed E-state index contributed by atoms with van der Waals surface area (Å²) in [4.78, 5) is 26.4. The first-order valence-electron chi connectivity index (χ1n) is 13.3. The molecule has 1 aliphatic heterocycles. The number of fused-ring (bicyclic) bond motifs is 5. The highest BCUT2D eigenvalue weighted by Gasteiger charge is 2.62. The minimum absolute atomic E-state index is 0.0635. The topological polar surface area (TPSA) is 70.0 Å². The molecule has 0 radical (unpaired) electrons. The largest absolute Gasteiger partial charge is 0.393 e. The molecule has 5 aliphatic rings. The quantitative estimate of drug-likeness (QED) is 0.518. The van der Waals surface area contributed by atoms with Gasteiger partial charge in [0.2, 0.25) is 0 Å². The Balaban J connectivity index is 1.37. The summed E-state index contributed by atoms with van der Waals surface area (Å²) in [6, 6.07) is 9.86. The van der Waals surface area contributed by atoms with Crippen molar-refractivity contribution in [2.45, 2.75) is 78.2 Å². The molecule has 1 N–H and O–H groups in total. The van der Waals surface area contributed by atoms with Crippen LogP contribution in [0.5, 0.6) is 0 Å². The number of para-hydroxylation sites is 1. The van der Waals surface area contributed by atoms with Crippen molar-refractivity contribution >= 4 is 34.1 Å². The molecule has 186 valence electrons. The smallest absolute Gasteiger partial charge is 0.186 e. The molecule has 0 bridgehead atoms. The molecule has 6 heteroatoms. The van der Waals surface area contributed by atoms with E-state index in [0.717, 1.165) is 54.8 Å². The molecule has 5 nitrogen and oxygen atoms in total. The van der Waals surface area contributed by atoms with Gasteiger partial charge in [-0.2, -0.15) is 5.10 Å².